The number of nitrogen functional groups attached to an aromatic ring is 1. The molecule has 1 heterocycles. The minimum absolute atomic E-state index is 0.516. The highest BCUT2D eigenvalue weighted by Gasteiger charge is 2.28. The molecule has 2 N–H and O–H groups in total. The summed E-state index contributed by atoms with van der Waals surface area (Å²) in [5.41, 5.74) is 5.50. The van der Waals surface area contributed by atoms with Gasteiger partial charge in [0.15, 0.2) is 0 Å². The molecule has 0 bridgehead atoms. The van der Waals surface area contributed by atoms with E-state index in [-0.39, 0.29) is 0 Å². The fourth-order valence-electron chi connectivity index (χ4n) is 1.05. The molecular formula is C6H10N4. The highest BCUT2D eigenvalue weighted by Crippen LogP contribution is 2.38. The Morgan fingerprint density at radius 2 is 2.20 bits per heavy atom. The van der Waals surface area contributed by atoms with E-state index in [0.717, 1.165) is 5.82 Å². The van der Waals surface area contributed by atoms with Crippen molar-refractivity contribution in [1.29, 1.82) is 0 Å². The number of hydrogen-bond donors (Lipinski definition) is 1. The number of hydrogen-bond acceptors (Lipinski definition) is 3. The third-order valence-electron chi connectivity index (χ3n) is 1.88. The van der Waals surface area contributed by atoms with Crippen molar-refractivity contribution in [3.63, 3.8) is 0 Å². The summed E-state index contributed by atoms with van der Waals surface area (Å²) in [6.45, 7) is 0. The monoisotopic (exact) mass is 138 g/mol. The SMILES string of the molecule is Cn1c(N)nnc1C1CC1. The lowest BCUT2D eigenvalue weighted by Crippen LogP contribution is -2.00. The molecule has 0 aliphatic heterocycles. The molecule has 1 aliphatic carbocycles. The quantitative estimate of drug-likeness (QED) is 0.606. The van der Waals surface area contributed by atoms with Crippen LogP contribution >= 0.6 is 0 Å². The average Bonchev–Trinajstić information content (AvgIpc) is 2.67. The van der Waals surface area contributed by atoms with Crippen molar-refractivity contribution in [2.24, 2.45) is 7.05 Å². The fourth-order valence-corrected chi connectivity index (χ4v) is 1.05. The van der Waals surface area contributed by atoms with Gasteiger partial charge in [0, 0.05) is 13.0 Å². The summed E-state index contributed by atoms with van der Waals surface area (Å²) in [5, 5.41) is 7.73. The molecule has 0 amide bonds. The van der Waals surface area contributed by atoms with E-state index in [0.29, 0.717) is 11.9 Å². The molecule has 10 heavy (non-hydrogen) atoms. The Morgan fingerprint density at radius 3 is 2.60 bits per heavy atom. The van der Waals surface area contributed by atoms with Crippen LogP contribution in [-0.4, -0.2) is 14.8 Å². The van der Waals surface area contributed by atoms with Gasteiger partial charge in [0.05, 0.1) is 0 Å². The van der Waals surface area contributed by atoms with Crippen molar-refractivity contribution in [3.8, 4) is 0 Å². The zero-order valence-electron chi connectivity index (χ0n) is 5.91. The lowest BCUT2D eigenvalue weighted by Gasteiger charge is -1.95. The van der Waals surface area contributed by atoms with E-state index in [1.807, 2.05) is 11.6 Å². The van der Waals surface area contributed by atoms with Crippen LogP contribution in [0.25, 0.3) is 0 Å². The van der Waals surface area contributed by atoms with Crippen LogP contribution in [0.5, 0.6) is 0 Å². The van der Waals surface area contributed by atoms with Crippen LogP contribution in [0.1, 0.15) is 24.6 Å². The van der Waals surface area contributed by atoms with E-state index in [2.05, 4.69) is 10.2 Å². The van der Waals surface area contributed by atoms with Crippen molar-refractivity contribution < 1.29 is 0 Å². The van der Waals surface area contributed by atoms with Crippen LogP contribution in [0.4, 0.5) is 5.95 Å². The van der Waals surface area contributed by atoms with E-state index in [4.69, 9.17) is 5.73 Å². The molecule has 0 spiro atoms. The molecule has 0 unspecified atom stereocenters. The zero-order valence-corrected chi connectivity index (χ0v) is 5.91. The van der Waals surface area contributed by atoms with Gasteiger partial charge in [0.25, 0.3) is 0 Å². The standard InChI is InChI=1S/C6H10N4/c1-10-5(4-2-3-4)8-9-6(10)7/h4H,2-3H2,1H3,(H2,7,9). The van der Waals surface area contributed by atoms with E-state index < -0.39 is 0 Å². The van der Waals surface area contributed by atoms with Gasteiger partial charge in [-0.05, 0) is 12.8 Å². The highest BCUT2D eigenvalue weighted by atomic mass is 15.3. The van der Waals surface area contributed by atoms with Crippen molar-refractivity contribution in [2.45, 2.75) is 18.8 Å². The topological polar surface area (TPSA) is 56.7 Å². The van der Waals surface area contributed by atoms with Crippen LogP contribution in [0.2, 0.25) is 0 Å². The minimum Gasteiger partial charge on any atom is -0.368 e. The maximum atomic E-state index is 5.50. The summed E-state index contributed by atoms with van der Waals surface area (Å²) >= 11 is 0. The Morgan fingerprint density at radius 1 is 1.50 bits per heavy atom. The summed E-state index contributed by atoms with van der Waals surface area (Å²) in [6, 6.07) is 0. The van der Waals surface area contributed by atoms with Gasteiger partial charge in [-0.1, -0.05) is 0 Å². The summed E-state index contributed by atoms with van der Waals surface area (Å²) in [5.74, 6) is 2.19. The van der Waals surface area contributed by atoms with Gasteiger partial charge in [-0.15, -0.1) is 10.2 Å². The van der Waals surface area contributed by atoms with E-state index in [1.54, 1.807) is 0 Å². The summed E-state index contributed by atoms with van der Waals surface area (Å²) in [7, 11) is 1.91. The average molecular weight is 138 g/mol. The molecule has 0 atom stereocenters. The van der Waals surface area contributed by atoms with E-state index >= 15 is 0 Å². The number of nitrogens with two attached hydrogens (primary N) is 1. The Hall–Kier alpha value is -1.06. The molecule has 4 heteroatoms. The first kappa shape index (κ1) is 5.70. The smallest absolute Gasteiger partial charge is 0.221 e. The summed E-state index contributed by atoms with van der Waals surface area (Å²) < 4.78 is 1.86. The van der Waals surface area contributed by atoms with Crippen molar-refractivity contribution in [2.75, 3.05) is 5.73 Å². The molecular weight excluding hydrogens is 128 g/mol. The first-order valence-corrected chi connectivity index (χ1v) is 3.44. The van der Waals surface area contributed by atoms with Gasteiger partial charge in [0.2, 0.25) is 5.95 Å². The minimum atomic E-state index is 0.516. The van der Waals surface area contributed by atoms with Crippen molar-refractivity contribution in [1.82, 2.24) is 14.8 Å². The molecule has 0 radical (unpaired) electrons. The predicted octanol–water partition coefficient (Wildman–Crippen LogP) is 0.275. The normalized spacial score (nSPS) is 17.7. The first-order chi connectivity index (χ1) is 4.79. The van der Waals surface area contributed by atoms with Crippen molar-refractivity contribution >= 4 is 5.95 Å². The second kappa shape index (κ2) is 1.71. The van der Waals surface area contributed by atoms with Crippen LogP contribution in [0.3, 0.4) is 0 Å². The van der Waals surface area contributed by atoms with Crippen LogP contribution < -0.4 is 5.73 Å². The molecule has 4 nitrogen and oxygen atoms in total. The Bertz CT molecular complexity index is 248. The second-order valence-electron chi connectivity index (χ2n) is 2.75. The van der Waals surface area contributed by atoms with Crippen LogP contribution in [0, 0.1) is 0 Å². The number of aromatic nitrogens is 3. The molecule has 1 saturated carbocycles. The third-order valence-corrected chi connectivity index (χ3v) is 1.88. The number of nitrogens with zero attached hydrogens (tertiary/aromatic N) is 3. The zero-order chi connectivity index (χ0) is 7.14. The third kappa shape index (κ3) is 0.683. The molecule has 54 valence electrons. The lowest BCUT2D eigenvalue weighted by molar-refractivity contribution is 0.805. The first-order valence-electron chi connectivity index (χ1n) is 3.44. The van der Waals surface area contributed by atoms with Gasteiger partial charge in [-0.25, -0.2) is 0 Å². The van der Waals surface area contributed by atoms with Gasteiger partial charge < -0.3 is 10.3 Å². The van der Waals surface area contributed by atoms with Gasteiger partial charge >= 0.3 is 0 Å². The fraction of sp³-hybridized carbons (Fsp3) is 0.667. The Labute approximate surface area is 59.1 Å². The van der Waals surface area contributed by atoms with Gasteiger partial charge in [0.1, 0.15) is 5.82 Å². The number of anilines is 1. The molecule has 2 rings (SSSR count). The molecule has 1 aromatic heterocycles. The van der Waals surface area contributed by atoms with Gasteiger partial charge in [-0.3, -0.25) is 0 Å². The lowest BCUT2D eigenvalue weighted by atomic mass is 10.4. The summed E-state index contributed by atoms with van der Waals surface area (Å²) in [6.07, 6.45) is 2.48. The van der Waals surface area contributed by atoms with Crippen LogP contribution in [0.15, 0.2) is 0 Å². The van der Waals surface area contributed by atoms with E-state index in [1.165, 1.54) is 12.8 Å². The summed E-state index contributed by atoms with van der Waals surface area (Å²) in [4.78, 5) is 0. The van der Waals surface area contributed by atoms with Gasteiger partial charge in [-0.2, -0.15) is 0 Å². The number of rotatable bonds is 1. The molecule has 1 aliphatic rings. The highest BCUT2D eigenvalue weighted by molar-refractivity contribution is 5.20. The maximum absolute atomic E-state index is 5.50. The van der Waals surface area contributed by atoms with Crippen molar-refractivity contribution in [3.05, 3.63) is 5.82 Å². The maximum Gasteiger partial charge on any atom is 0.221 e. The Kier molecular flexibility index (Phi) is 0.977. The van der Waals surface area contributed by atoms with Crippen LogP contribution in [-0.2, 0) is 7.05 Å². The Balaban J connectivity index is 2.40. The largest absolute Gasteiger partial charge is 0.368 e. The van der Waals surface area contributed by atoms with E-state index in [9.17, 15) is 0 Å². The molecule has 1 aromatic rings. The second-order valence-corrected chi connectivity index (χ2v) is 2.75. The predicted molar refractivity (Wildman–Crippen MR) is 37.4 cm³/mol. The molecule has 1 fully saturated rings. The molecule has 0 saturated heterocycles. The molecule has 0 aromatic carbocycles.